The Morgan fingerprint density at radius 3 is 2.36 bits per heavy atom. The summed E-state index contributed by atoms with van der Waals surface area (Å²) in [6.45, 7) is 2.45. The van der Waals surface area contributed by atoms with E-state index in [-0.39, 0.29) is 30.4 Å². The molecule has 1 aliphatic carbocycles. The first-order valence-electron chi connectivity index (χ1n) is 14.8. The molecule has 11 nitrogen and oxygen atoms in total. The predicted octanol–water partition coefficient (Wildman–Crippen LogP) is 3.53. The van der Waals surface area contributed by atoms with Crippen LogP contribution < -0.4 is 23.8 Å². The lowest BCUT2D eigenvalue weighted by atomic mass is 9.42. The molecule has 11 heteroatoms. The van der Waals surface area contributed by atoms with Crippen LogP contribution in [0.1, 0.15) is 35.7 Å². The van der Waals surface area contributed by atoms with Gasteiger partial charge in [0.15, 0.2) is 17.2 Å². The summed E-state index contributed by atoms with van der Waals surface area (Å²) in [5.74, 6) is 0.381. The van der Waals surface area contributed by atoms with E-state index in [1.807, 2.05) is 32.2 Å². The van der Waals surface area contributed by atoms with Crippen LogP contribution in [0.25, 0.3) is 0 Å². The van der Waals surface area contributed by atoms with Gasteiger partial charge in [-0.15, -0.1) is 0 Å². The Bertz CT molecular complexity index is 1570. The number of esters is 2. The maximum Gasteiger partial charge on any atom is 0.338 e. The molecule has 2 aromatic rings. The highest BCUT2D eigenvalue weighted by atomic mass is 16.6. The maximum absolute atomic E-state index is 14.6. The molecule has 0 radical (unpaired) electrons. The van der Waals surface area contributed by atoms with Crippen LogP contribution >= 0.6 is 0 Å². The van der Waals surface area contributed by atoms with Gasteiger partial charge in [0, 0.05) is 31.6 Å². The van der Waals surface area contributed by atoms with E-state index in [0.29, 0.717) is 42.4 Å². The van der Waals surface area contributed by atoms with Crippen molar-refractivity contribution in [2.75, 3.05) is 60.6 Å². The van der Waals surface area contributed by atoms with Crippen molar-refractivity contribution >= 4 is 17.6 Å². The predicted molar refractivity (Wildman–Crippen MR) is 158 cm³/mol. The van der Waals surface area contributed by atoms with Crippen LogP contribution in [0.2, 0.25) is 0 Å². The normalized spacial score (nSPS) is 33.2. The Kier molecular flexibility index (Phi) is 6.39. The van der Waals surface area contributed by atoms with Crippen LogP contribution in [0.3, 0.4) is 0 Å². The second-order valence-corrected chi connectivity index (χ2v) is 12.1. The van der Waals surface area contributed by atoms with Crippen molar-refractivity contribution < 1.29 is 42.7 Å². The average Bonchev–Trinajstić information content (AvgIpc) is 3.67. The van der Waals surface area contributed by atoms with Crippen molar-refractivity contribution in [3.63, 3.8) is 0 Å². The first kappa shape index (κ1) is 28.8. The summed E-state index contributed by atoms with van der Waals surface area (Å²) in [5.41, 5.74) is 0.158. The third kappa shape index (κ3) is 3.13. The van der Waals surface area contributed by atoms with E-state index in [1.54, 1.807) is 19.2 Å². The van der Waals surface area contributed by atoms with Crippen LogP contribution in [-0.2, 0) is 24.4 Å². The fourth-order valence-electron chi connectivity index (χ4n) is 9.37. The van der Waals surface area contributed by atoms with E-state index in [9.17, 15) is 9.59 Å². The van der Waals surface area contributed by atoms with Crippen molar-refractivity contribution in [2.24, 2.45) is 11.3 Å². The summed E-state index contributed by atoms with van der Waals surface area (Å²) in [4.78, 5) is 33.1. The van der Waals surface area contributed by atoms with Gasteiger partial charge in [0.05, 0.1) is 52.6 Å². The molecule has 1 spiro atoms. The van der Waals surface area contributed by atoms with Crippen molar-refractivity contribution in [2.45, 2.75) is 43.2 Å². The van der Waals surface area contributed by atoms with Gasteiger partial charge < -0.3 is 38.1 Å². The molecule has 2 aromatic carbocycles. The van der Waals surface area contributed by atoms with Crippen LogP contribution in [-0.4, -0.2) is 90.6 Å². The SMILES string of the molecule is C/C=C1\CN2[C@@H]3C[C@@]45c6cc(OC)ccc6N(C)[C@]4(O3)[C@@H]2C[C@@H]1[C@@]5(COC(=O)c1cc(OC)c(OC)c(OC)c1)C(=O)OC. The van der Waals surface area contributed by atoms with E-state index in [1.165, 1.54) is 28.4 Å². The van der Waals surface area contributed by atoms with Gasteiger partial charge in [0.2, 0.25) is 5.75 Å². The molecule has 0 N–H and O–H groups in total. The number of rotatable bonds is 8. The van der Waals surface area contributed by atoms with Crippen LogP contribution in [0.4, 0.5) is 5.69 Å². The number of hydrogen-bond acceptors (Lipinski definition) is 11. The minimum Gasteiger partial charge on any atom is -0.497 e. The van der Waals surface area contributed by atoms with Gasteiger partial charge in [-0.2, -0.15) is 0 Å². The molecule has 6 atom stereocenters. The first-order valence-corrected chi connectivity index (χ1v) is 14.8. The number of benzene rings is 2. The lowest BCUT2D eigenvalue weighted by Crippen LogP contribution is -2.80. The molecule has 0 aromatic heterocycles. The van der Waals surface area contributed by atoms with E-state index >= 15 is 0 Å². The molecule has 4 bridgehead atoms. The number of hydrogen-bond donors (Lipinski definition) is 0. The van der Waals surface area contributed by atoms with Gasteiger partial charge in [-0.25, -0.2) is 4.79 Å². The number of likely N-dealkylation sites (N-methyl/N-ethyl adjacent to an activating group) is 1. The largest absolute Gasteiger partial charge is 0.497 e. The van der Waals surface area contributed by atoms with Crippen LogP contribution in [0, 0.1) is 11.3 Å². The van der Waals surface area contributed by atoms with Gasteiger partial charge in [0.1, 0.15) is 24.0 Å². The van der Waals surface area contributed by atoms with E-state index in [0.717, 1.165) is 16.8 Å². The van der Waals surface area contributed by atoms with Crippen molar-refractivity contribution in [3.05, 3.63) is 53.1 Å². The molecule has 4 aliphatic heterocycles. The molecule has 0 unspecified atom stereocenters. The number of piperidine rings is 2. The number of carbonyl (C=O) groups excluding carboxylic acids is 2. The third-order valence-corrected chi connectivity index (χ3v) is 11.0. The lowest BCUT2D eigenvalue weighted by molar-refractivity contribution is -0.194. The lowest BCUT2D eigenvalue weighted by Gasteiger charge is -2.65. The summed E-state index contributed by atoms with van der Waals surface area (Å²) in [6, 6.07) is 9.10. The van der Waals surface area contributed by atoms with Gasteiger partial charge in [-0.1, -0.05) is 11.6 Å². The number of ether oxygens (including phenoxy) is 7. The highest BCUT2D eigenvalue weighted by Crippen LogP contribution is 2.78. The van der Waals surface area contributed by atoms with Crippen LogP contribution in [0.15, 0.2) is 42.0 Å². The standard InChI is InChI=1S/C33H38N2O9/c1-8-18-16-35-26-14-21(18)31(30(37)42-7,17-43-29(36)19-11-24(39-4)28(41-6)25(12-19)40-5)32-15-27(35)44-33(26,32)34(2)23-10-9-20(38-3)13-22(23)32/h8-13,21,26-27H,14-17H2,1-7H3/b18-8+/t21-,26-,27-,31-,32-,33-/m0/s1. The topological polar surface area (TPSA) is 105 Å². The minimum atomic E-state index is -1.30. The van der Waals surface area contributed by atoms with Crippen molar-refractivity contribution in [3.8, 4) is 23.0 Å². The molecule has 4 fully saturated rings. The smallest absolute Gasteiger partial charge is 0.338 e. The average molecular weight is 607 g/mol. The minimum absolute atomic E-state index is 0.0296. The van der Waals surface area contributed by atoms with Gasteiger partial charge in [-0.05, 0) is 49.2 Å². The van der Waals surface area contributed by atoms with E-state index in [2.05, 4.69) is 15.9 Å². The molecule has 3 saturated heterocycles. The second kappa shape index (κ2) is 9.77. The summed E-state index contributed by atoms with van der Waals surface area (Å²) >= 11 is 0. The van der Waals surface area contributed by atoms with Crippen molar-refractivity contribution in [1.82, 2.24) is 4.90 Å². The molecule has 5 aliphatic rings. The molecule has 0 amide bonds. The first-order chi connectivity index (χ1) is 21.2. The fraction of sp³-hybridized carbons (Fsp3) is 0.515. The molecule has 1 saturated carbocycles. The zero-order chi connectivity index (χ0) is 31.2. The van der Waals surface area contributed by atoms with Gasteiger partial charge in [0.25, 0.3) is 0 Å². The Morgan fingerprint density at radius 2 is 1.75 bits per heavy atom. The van der Waals surface area contributed by atoms with E-state index < -0.39 is 28.5 Å². The molecule has 7 rings (SSSR count). The Labute approximate surface area is 256 Å². The molecule has 4 heterocycles. The summed E-state index contributed by atoms with van der Waals surface area (Å²) < 4.78 is 41.1. The zero-order valence-corrected chi connectivity index (χ0v) is 26.1. The summed E-state index contributed by atoms with van der Waals surface area (Å²) in [6.07, 6.45) is 3.07. The maximum atomic E-state index is 14.6. The van der Waals surface area contributed by atoms with E-state index in [4.69, 9.17) is 33.2 Å². The third-order valence-electron chi connectivity index (χ3n) is 11.0. The summed E-state index contributed by atoms with van der Waals surface area (Å²) in [7, 11) is 9.54. The number of methoxy groups -OCH3 is 5. The van der Waals surface area contributed by atoms with Crippen molar-refractivity contribution in [1.29, 1.82) is 0 Å². The Hall–Kier alpha value is -3.96. The molecular weight excluding hydrogens is 568 g/mol. The number of nitrogens with zero attached hydrogens (tertiary/aromatic N) is 2. The fourth-order valence-corrected chi connectivity index (χ4v) is 9.37. The zero-order valence-electron chi connectivity index (χ0n) is 26.1. The number of allylic oxidation sites excluding steroid dienone is 1. The van der Waals surface area contributed by atoms with Crippen LogP contribution in [0.5, 0.6) is 23.0 Å². The van der Waals surface area contributed by atoms with Gasteiger partial charge in [-0.3, -0.25) is 9.69 Å². The number of anilines is 1. The molecular formula is C33H38N2O9. The summed E-state index contributed by atoms with van der Waals surface area (Å²) in [5, 5.41) is 0. The quantitative estimate of drug-likeness (QED) is 0.326. The number of carbonyl (C=O) groups is 2. The van der Waals surface area contributed by atoms with Gasteiger partial charge >= 0.3 is 11.9 Å². The second-order valence-electron chi connectivity index (χ2n) is 12.1. The Balaban J connectivity index is 1.42. The molecule has 44 heavy (non-hydrogen) atoms. The Morgan fingerprint density at radius 1 is 1.02 bits per heavy atom. The monoisotopic (exact) mass is 606 g/mol. The number of fused-ring (bicyclic) bond motifs is 4. The highest BCUT2D eigenvalue weighted by Gasteiger charge is 2.88. The molecule has 234 valence electrons. The highest BCUT2D eigenvalue weighted by molar-refractivity contribution is 5.92.